The fourth-order valence-corrected chi connectivity index (χ4v) is 1.81. The standard InChI is InChI=1S/C11H13F3N4/c1-2-7(5-15)10-17-16-9-4-3-8(6-18(9)10)11(12,13)14/h3-4,6-7H,2,5,15H2,1H3. The van der Waals surface area contributed by atoms with Crippen molar-refractivity contribution in [2.24, 2.45) is 5.73 Å². The van der Waals surface area contributed by atoms with E-state index >= 15 is 0 Å². The van der Waals surface area contributed by atoms with E-state index in [0.29, 0.717) is 24.4 Å². The minimum absolute atomic E-state index is 0.0940. The monoisotopic (exact) mass is 258 g/mol. The molecule has 2 N–H and O–H groups in total. The molecule has 2 rings (SSSR count). The van der Waals surface area contributed by atoms with Crippen molar-refractivity contribution in [2.75, 3.05) is 6.54 Å². The molecule has 1 atom stereocenters. The first-order valence-corrected chi connectivity index (χ1v) is 5.59. The number of pyridine rings is 1. The van der Waals surface area contributed by atoms with Crippen molar-refractivity contribution in [1.29, 1.82) is 0 Å². The number of fused-ring (bicyclic) bond motifs is 1. The zero-order valence-corrected chi connectivity index (χ0v) is 9.78. The first-order valence-electron chi connectivity index (χ1n) is 5.59. The van der Waals surface area contributed by atoms with Crippen molar-refractivity contribution in [1.82, 2.24) is 14.6 Å². The molecule has 0 radical (unpaired) electrons. The fraction of sp³-hybridized carbons (Fsp3) is 0.455. The molecule has 2 aromatic rings. The molecule has 0 fully saturated rings. The van der Waals surface area contributed by atoms with Gasteiger partial charge < -0.3 is 5.73 Å². The molecular weight excluding hydrogens is 245 g/mol. The Bertz CT molecular complexity index is 543. The first kappa shape index (κ1) is 12.8. The van der Waals surface area contributed by atoms with Crippen LogP contribution in [-0.2, 0) is 6.18 Å². The second-order valence-corrected chi connectivity index (χ2v) is 4.04. The van der Waals surface area contributed by atoms with Crippen molar-refractivity contribution in [3.8, 4) is 0 Å². The van der Waals surface area contributed by atoms with Crippen LogP contribution in [0.4, 0.5) is 13.2 Å². The summed E-state index contributed by atoms with van der Waals surface area (Å²) in [5.74, 6) is 0.379. The van der Waals surface area contributed by atoms with Gasteiger partial charge in [0.25, 0.3) is 0 Å². The van der Waals surface area contributed by atoms with Crippen molar-refractivity contribution in [3.63, 3.8) is 0 Å². The van der Waals surface area contributed by atoms with Gasteiger partial charge in [0.05, 0.1) is 5.56 Å². The minimum atomic E-state index is -4.37. The van der Waals surface area contributed by atoms with Gasteiger partial charge in [-0.15, -0.1) is 10.2 Å². The molecule has 0 aliphatic carbocycles. The number of halogens is 3. The van der Waals surface area contributed by atoms with Crippen LogP contribution < -0.4 is 5.73 Å². The Kier molecular flexibility index (Phi) is 3.25. The summed E-state index contributed by atoms with van der Waals surface area (Å²) in [5.41, 5.74) is 5.26. The van der Waals surface area contributed by atoms with E-state index in [4.69, 9.17) is 5.73 Å². The number of hydrogen-bond acceptors (Lipinski definition) is 3. The Balaban J connectivity index is 2.56. The normalized spacial score (nSPS) is 14.1. The highest BCUT2D eigenvalue weighted by Crippen LogP contribution is 2.30. The molecule has 2 heterocycles. The molecule has 4 nitrogen and oxygen atoms in total. The van der Waals surface area contributed by atoms with Gasteiger partial charge >= 0.3 is 6.18 Å². The lowest BCUT2D eigenvalue weighted by Gasteiger charge is -2.11. The molecule has 7 heteroatoms. The van der Waals surface area contributed by atoms with Gasteiger partial charge in [-0.2, -0.15) is 13.2 Å². The van der Waals surface area contributed by atoms with E-state index in [9.17, 15) is 13.2 Å². The van der Waals surface area contributed by atoms with Crippen LogP contribution in [0.15, 0.2) is 18.3 Å². The lowest BCUT2D eigenvalue weighted by Crippen LogP contribution is -2.15. The van der Waals surface area contributed by atoms with E-state index in [0.717, 1.165) is 12.3 Å². The van der Waals surface area contributed by atoms with Gasteiger partial charge in [-0.25, -0.2) is 0 Å². The van der Waals surface area contributed by atoms with E-state index in [1.54, 1.807) is 0 Å². The summed E-state index contributed by atoms with van der Waals surface area (Å²) >= 11 is 0. The summed E-state index contributed by atoms with van der Waals surface area (Å²) in [6.07, 6.45) is -2.66. The highest BCUT2D eigenvalue weighted by atomic mass is 19.4. The van der Waals surface area contributed by atoms with Gasteiger partial charge in [-0.1, -0.05) is 6.92 Å². The number of nitrogens with zero attached hydrogens (tertiary/aromatic N) is 3. The summed E-state index contributed by atoms with van der Waals surface area (Å²) < 4.78 is 39.3. The van der Waals surface area contributed by atoms with E-state index in [-0.39, 0.29) is 5.92 Å². The van der Waals surface area contributed by atoms with Crippen molar-refractivity contribution in [3.05, 3.63) is 29.7 Å². The predicted octanol–water partition coefficient (Wildman–Crippen LogP) is 2.20. The topological polar surface area (TPSA) is 56.2 Å². The van der Waals surface area contributed by atoms with Crippen LogP contribution in [0.3, 0.4) is 0 Å². The molecule has 0 aliphatic heterocycles. The van der Waals surface area contributed by atoms with Gasteiger partial charge in [0.15, 0.2) is 5.65 Å². The van der Waals surface area contributed by atoms with E-state index in [1.807, 2.05) is 6.92 Å². The molecule has 0 aromatic carbocycles. The Morgan fingerprint density at radius 2 is 2.06 bits per heavy atom. The lowest BCUT2D eigenvalue weighted by atomic mass is 10.1. The Morgan fingerprint density at radius 3 is 2.61 bits per heavy atom. The minimum Gasteiger partial charge on any atom is -0.330 e. The molecule has 0 aliphatic rings. The predicted molar refractivity (Wildman–Crippen MR) is 60.1 cm³/mol. The fourth-order valence-electron chi connectivity index (χ4n) is 1.81. The summed E-state index contributed by atoms with van der Waals surface area (Å²) in [5, 5.41) is 7.77. The Hall–Kier alpha value is -1.63. The highest BCUT2D eigenvalue weighted by molar-refractivity contribution is 5.40. The number of hydrogen-bond donors (Lipinski definition) is 1. The number of nitrogens with two attached hydrogens (primary N) is 1. The molecule has 0 amide bonds. The summed E-state index contributed by atoms with van der Waals surface area (Å²) in [7, 11) is 0. The van der Waals surface area contributed by atoms with Crippen LogP contribution in [0.5, 0.6) is 0 Å². The molecule has 0 spiro atoms. The van der Waals surface area contributed by atoms with Crippen LogP contribution in [0, 0.1) is 0 Å². The van der Waals surface area contributed by atoms with E-state index in [2.05, 4.69) is 10.2 Å². The molecule has 0 saturated carbocycles. The first-order chi connectivity index (χ1) is 8.47. The molecule has 0 bridgehead atoms. The largest absolute Gasteiger partial charge is 0.417 e. The maximum Gasteiger partial charge on any atom is 0.417 e. The SMILES string of the molecule is CCC(CN)c1nnc2ccc(C(F)(F)F)cn12. The summed E-state index contributed by atoms with van der Waals surface area (Å²) in [6, 6.07) is 2.31. The van der Waals surface area contributed by atoms with Crippen LogP contribution in [0.1, 0.15) is 30.7 Å². The van der Waals surface area contributed by atoms with Gasteiger partial charge in [0.1, 0.15) is 5.82 Å². The molecule has 98 valence electrons. The number of rotatable bonds is 3. The van der Waals surface area contributed by atoms with Crippen molar-refractivity contribution >= 4 is 5.65 Å². The zero-order chi connectivity index (χ0) is 13.3. The van der Waals surface area contributed by atoms with Crippen LogP contribution in [-0.4, -0.2) is 21.1 Å². The van der Waals surface area contributed by atoms with Gasteiger partial charge in [0.2, 0.25) is 0 Å². The average Bonchev–Trinajstić information content (AvgIpc) is 2.73. The van der Waals surface area contributed by atoms with E-state index in [1.165, 1.54) is 10.5 Å². The maximum atomic E-state index is 12.6. The molecule has 1 unspecified atom stereocenters. The quantitative estimate of drug-likeness (QED) is 0.918. The summed E-state index contributed by atoms with van der Waals surface area (Å²) in [4.78, 5) is 0. The number of alkyl halides is 3. The third-order valence-corrected chi connectivity index (χ3v) is 2.90. The van der Waals surface area contributed by atoms with Crippen LogP contribution in [0.2, 0.25) is 0 Å². The van der Waals surface area contributed by atoms with Crippen LogP contribution in [0.25, 0.3) is 5.65 Å². The Morgan fingerprint density at radius 1 is 1.33 bits per heavy atom. The second kappa shape index (κ2) is 4.56. The second-order valence-electron chi connectivity index (χ2n) is 4.04. The van der Waals surface area contributed by atoms with E-state index < -0.39 is 11.7 Å². The average molecular weight is 258 g/mol. The van der Waals surface area contributed by atoms with Crippen LogP contribution >= 0.6 is 0 Å². The number of aromatic nitrogens is 3. The molecular formula is C11H13F3N4. The molecule has 18 heavy (non-hydrogen) atoms. The Labute approximate surface area is 102 Å². The zero-order valence-electron chi connectivity index (χ0n) is 9.78. The van der Waals surface area contributed by atoms with Gasteiger partial charge in [-0.3, -0.25) is 4.40 Å². The summed E-state index contributed by atoms with van der Waals surface area (Å²) in [6.45, 7) is 2.24. The maximum absolute atomic E-state index is 12.6. The lowest BCUT2D eigenvalue weighted by molar-refractivity contribution is -0.137. The smallest absolute Gasteiger partial charge is 0.330 e. The van der Waals surface area contributed by atoms with Gasteiger partial charge in [-0.05, 0) is 18.6 Å². The third-order valence-electron chi connectivity index (χ3n) is 2.90. The molecule has 0 saturated heterocycles. The van der Waals surface area contributed by atoms with Gasteiger partial charge in [0, 0.05) is 18.7 Å². The van der Waals surface area contributed by atoms with Crippen molar-refractivity contribution < 1.29 is 13.2 Å². The van der Waals surface area contributed by atoms with Crippen molar-refractivity contribution in [2.45, 2.75) is 25.4 Å². The molecule has 2 aromatic heterocycles. The third kappa shape index (κ3) is 2.17. The highest BCUT2D eigenvalue weighted by Gasteiger charge is 2.31.